The SMILES string of the molecule is [2H]c1c([2H])c([2H])c2c(oc3c([2H])c(-c4nc(-c5ccccc5)nc(-c5ccc6c(c5)oc5ccccc56)n4)c([2H])c([2H])c32)c1-c1ccc(-c2ccccc2)cc1. The maximum Gasteiger partial charge on any atom is 0.164 e. The van der Waals surface area contributed by atoms with Crippen LogP contribution in [0.3, 0.4) is 0 Å². The number of fused-ring (bicyclic) bond motifs is 6. The maximum atomic E-state index is 9.48. The first-order valence-corrected chi connectivity index (χ1v) is 16.1. The van der Waals surface area contributed by atoms with Gasteiger partial charge in [-0.05, 0) is 47.0 Å². The summed E-state index contributed by atoms with van der Waals surface area (Å²) in [6, 6.07) is 38.3. The van der Waals surface area contributed by atoms with Crippen molar-refractivity contribution in [3.8, 4) is 56.4 Å². The van der Waals surface area contributed by atoms with Crippen LogP contribution in [-0.2, 0) is 0 Å². The molecule has 0 aliphatic rings. The van der Waals surface area contributed by atoms with Crippen molar-refractivity contribution < 1.29 is 17.1 Å². The smallest absolute Gasteiger partial charge is 0.164 e. The Labute approximate surface area is 295 Å². The normalized spacial score (nSPS) is 13.3. The molecule has 0 amide bonds. The molecule has 5 nitrogen and oxygen atoms in total. The monoisotopic (exact) mass is 647 g/mol. The van der Waals surface area contributed by atoms with Gasteiger partial charge in [-0.25, -0.2) is 15.0 Å². The second-order valence-electron chi connectivity index (χ2n) is 11.9. The average molecular weight is 648 g/mol. The van der Waals surface area contributed by atoms with Crippen LogP contribution in [0.5, 0.6) is 0 Å². The highest BCUT2D eigenvalue weighted by atomic mass is 16.3. The summed E-state index contributed by atoms with van der Waals surface area (Å²) in [5, 5.41) is 2.06. The van der Waals surface area contributed by atoms with E-state index in [1.165, 1.54) is 0 Å². The predicted octanol–water partition coefficient (Wildman–Crippen LogP) is 12.0. The van der Waals surface area contributed by atoms with Crippen LogP contribution in [0.4, 0.5) is 0 Å². The molecule has 50 heavy (non-hydrogen) atoms. The zero-order valence-corrected chi connectivity index (χ0v) is 26.3. The molecule has 0 saturated heterocycles. The Bertz CT molecular complexity index is 3200. The highest BCUT2D eigenvalue weighted by Crippen LogP contribution is 2.38. The third-order valence-corrected chi connectivity index (χ3v) is 8.87. The van der Waals surface area contributed by atoms with Crippen LogP contribution in [0.15, 0.2) is 172 Å². The largest absolute Gasteiger partial charge is 0.456 e. The second-order valence-corrected chi connectivity index (χ2v) is 11.9. The molecular formula is C45H27N3O2. The quantitative estimate of drug-likeness (QED) is 0.186. The molecule has 0 spiro atoms. The molecule has 0 bridgehead atoms. The number of nitrogens with zero attached hydrogens (tertiary/aromatic N) is 3. The van der Waals surface area contributed by atoms with Crippen molar-refractivity contribution in [2.45, 2.75) is 0 Å². The van der Waals surface area contributed by atoms with Gasteiger partial charge in [0.05, 0.1) is 8.22 Å². The molecule has 7 aromatic carbocycles. The molecular weight excluding hydrogens is 615 g/mol. The minimum Gasteiger partial charge on any atom is -0.456 e. The van der Waals surface area contributed by atoms with Gasteiger partial charge in [0.15, 0.2) is 17.5 Å². The Kier molecular flexibility index (Phi) is 5.17. The van der Waals surface area contributed by atoms with Gasteiger partial charge < -0.3 is 8.83 Å². The van der Waals surface area contributed by atoms with Crippen molar-refractivity contribution in [1.82, 2.24) is 15.0 Å². The van der Waals surface area contributed by atoms with Crippen molar-refractivity contribution in [1.29, 1.82) is 0 Å². The van der Waals surface area contributed by atoms with Crippen LogP contribution in [0.2, 0.25) is 0 Å². The molecule has 0 unspecified atom stereocenters. The van der Waals surface area contributed by atoms with Gasteiger partial charge in [0.25, 0.3) is 0 Å². The fraction of sp³-hybridized carbons (Fsp3) is 0. The van der Waals surface area contributed by atoms with Gasteiger partial charge in [-0.1, -0.05) is 133 Å². The summed E-state index contributed by atoms with van der Waals surface area (Å²) in [6.07, 6.45) is 0. The molecule has 0 aliphatic carbocycles. The fourth-order valence-electron chi connectivity index (χ4n) is 6.39. The lowest BCUT2D eigenvalue weighted by atomic mass is 9.99. The van der Waals surface area contributed by atoms with Gasteiger partial charge in [-0.2, -0.15) is 0 Å². The third kappa shape index (κ3) is 4.75. The Hall–Kier alpha value is -6.85. The molecule has 10 aromatic rings. The van der Waals surface area contributed by atoms with Crippen molar-refractivity contribution in [3.05, 3.63) is 164 Å². The van der Waals surface area contributed by atoms with Crippen LogP contribution in [0, 0.1) is 0 Å². The average Bonchev–Trinajstić information content (AvgIpc) is 3.82. The van der Waals surface area contributed by atoms with E-state index in [9.17, 15) is 4.11 Å². The van der Waals surface area contributed by atoms with Crippen molar-refractivity contribution >= 4 is 43.9 Å². The standard InChI is InChI=1S/C45H27N3O2/c1-3-10-28(11-4-1)29-18-20-30(21-19-29)34-15-9-16-38-37-25-23-33(27-41(37)50-42(34)38)45-47-43(31-12-5-2-6-13-31)46-44(48-45)32-22-24-36-35-14-7-8-17-39(35)49-40(36)26-32/h1-27H/i9D,15D,16D,23D,25D,27D. The summed E-state index contributed by atoms with van der Waals surface area (Å²) in [6.45, 7) is 0. The Balaban J connectivity index is 1.19. The molecule has 5 heteroatoms. The molecule has 3 aromatic heterocycles. The summed E-state index contributed by atoms with van der Waals surface area (Å²) in [5.41, 5.74) is 5.49. The lowest BCUT2D eigenvalue weighted by Gasteiger charge is -2.08. The number of furan rings is 2. The van der Waals surface area contributed by atoms with Gasteiger partial charge >= 0.3 is 0 Å². The van der Waals surface area contributed by atoms with E-state index in [1.807, 2.05) is 127 Å². The van der Waals surface area contributed by atoms with Gasteiger partial charge in [-0.3, -0.25) is 0 Å². The van der Waals surface area contributed by atoms with Gasteiger partial charge in [0.2, 0.25) is 0 Å². The summed E-state index contributed by atoms with van der Waals surface area (Å²) >= 11 is 0. The molecule has 0 N–H and O–H groups in total. The first-order valence-electron chi connectivity index (χ1n) is 19.1. The van der Waals surface area contributed by atoms with E-state index < -0.39 is 0 Å². The van der Waals surface area contributed by atoms with Crippen LogP contribution < -0.4 is 0 Å². The van der Waals surface area contributed by atoms with E-state index in [4.69, 9.17) is 27.9 Å². The molecule has 0 aliphatic heterocycles. The van der Waals surface area contributed by atoms with E-state index in [0.717, 1.165) is 27.5 Å². The second kappa shape index (κ2) is 11.4. The van der Waals surface area contributed by atoms with E-state index >= 15 is 0 Å². The molecule has 234 valence electrons. The number of para-hydroxylation sites is 2. The molecule has 0 radical (unpaired) electrons. The number of hydrogen-bond donors (Lipinski definition) is 0. The lowest BCUT2D eigenvalue weighted by Crippen LogP contribution is -2.00. The Morgan fingerprint density at radius 1 is 0.400 bits per heavy atom. The minimum atomic E-state index is -0.347. The fourth-order valence-corrected chi connectivity index (χ4v) is 6.39. The number of aromatic nitrogens is 3. The van der Waals surface area contributed by atoms with E-state index in [-0.39, 0.29) is 81.0 Å². The van der Waals surface area contributed by atoms with Gasteiger partial charge in [0, 0.05) is 43.8 Å². The van der Waals surface area contributed by atoms with Crippen molar-refractivity contribution in [3.63, 3.8) is 0 Å². The summed E-state index contributed by atoms with van der Waals surface area (Å²) in [4.78, 5) is 14.4. The lowest BCUT2D eigenvalue weighted by molar-refractivity contribution is 0.669. The van der Waals surface area contributed by atoms with Crippen molar-refractivity contribution in [2.24, 2.45) is 0 Å². The molecule has 0 fully saturated rings. The Morgan fingerprint density at radius 3 is 1.82 bits per heavy atom. The summed E-state index contributed by atoms with van der Waals surface area (Å²) < 4.78 is 67.2. The molecule has 10 rings (SSSR count). The summed E-state index contributed by atoms with van der Waals surface area (Å²) in [5.74, 6) is 0.575. The summed E-state index contributed by atoms with van der Waals surface area (Å²) in [7, 11) is 0. The molecule has 3 heterocycles. The first kappa shape index (κ1) is 22.7. The Morgan fingerprint density at radius 2 is 1.02 bits per heavy atom. The van der Waals surface area contributed by atoms with Crippen molar-refractivity contribution in [2.75, 3.05) is 0 Å². The highest BCUT2D eigenvalue weighted by molar-refractivity contribution is 6.10. The number of rotatable bonds is 5. The maximum absolute atomic E-state index is 9.48. The van der Waals surface area contributed by atoms with Crippen LogP contribution in [0.25, 0.3) is 100 Å². The molecule has 0 atom stereocenters. The topological polar surface area (TPSA) is 65.0 Å². The zero-order chi connectivity index (χ0) is 38.2. The van der Waals surface area contributed by atoms with E-state index in [1.54, 1.807) is 0 Å². The van der Waals surface area contributed by atoms with Gasteiger partial charge in [0.1, 0.15) is 22.3 Å². The first-order chi connectivity index (χ1) is 27.3. The minimum absolute atomic E-state index is 0.00501. The number of hydrogen-bond acceptors (Lipinski definition) is 5. The zero-order valence-electron chi connectivity index (χ0n) is 32.3. The van der Waals surface area contributed by atoms with Crippen LogP contribution in [0.1, 0.15) is 8.22 Å². The van der Waals surface area contributed by atoms with Crippen LogP contribution >= 0.6 is 0 Å². The van der Waals surface area contributed by atoms with Crippen LogP contribution in [-0.4, -0.2) is 15.0 Å². The highest BCUT2D eigenvalue weighted by Gasteiger charge is 2.17. The van der Waals surface area contributed by atoms with E-state index in [0.29, 0.717) is 28.1 Å². The molecule has 0 saturated carbocycles. The van der Waals surface area contributed by atoms with E-state index in [2.05, 4.69) is 0 Å². The third-order valence-electron chi connectivity index (χ3n) is 8.87. The predicted molar refractivity (Wildman–Crippen MR) is 202 cm³/mol. The van der Waals surface area contributed by atoms with Gasteiger partial charge in [-0.15, -0.1) is 0 Å². The number of benzene rings is 7.